The number of ether oxygens (including phenoxy) is 2. The molecule has 2 aliphatic heterocycles. The van der Waals surface area contributed by atoms with Crippen LogP contribution in [-0.2, 0) is 47.5 Å². The molecule has 1 saturated heterocycles. The zero-order valence-electron chi connectivity index (χ0n) is 34.6. The molecular weight excluding hydrogens is 827 g/mol. The molecule has 5 heterocycles. The molecule has 0 radical (unpaired) electrons. The van der Waals surface area contributed by atoms with Crippen LogP contribution >= 0.6 is 11.6 Å². The van der Waals surface area contributed by atoms with Crippen molar-refractivity contribution < 1.29 is 32.2 Å². The number of alkyl halides is 3. The van der Waals surface area contributed by atoms with Gasteiger partial charge in [0.05, 0.1) is 39.9 Å². The van der Waals surface area contributed by atoms with Crippen LogP contribution in [0.5, 0.6) is 5.75 Å². The van der Waals surface area contributed by atoms with Crippen molar-refractivity contribution in [2.45, 2.75) is 78.6 Å². The summed E-state index contributed by atoms with van der Waals surface area (Å²) in [6, 6.07) is 17.5. The van der Waals surface area contributed by atoms with Crippen LogP contribution in [0.4, 0.5) is 24.5 Å². The number of rotatable bonds is 10. The third-order valence-electron chi connectivity index (χ3n) is 11.2. The molecule has 3 aromatic carbocycles. The molecule has 6 aromatic rings. The average molecular weight is 870 g/mol. The fourth-order valence-corrected chi connectivity index (χ4v) is 8.30. The van der Waals surface area contributed by atoms with E-state index in [2.05, 4.69) is 20.4 Å². The molecule has 8 rings (SSSR count). The van der Waals surface area contributed by atoms with E-state index < -0.39 is 41.4 Å². The molecule has 1 N–H and O–H groups in total. The average Bonchev–Trinajstić information content (AvgIpc) is 3.82. The first-order valence-electron chi connectivity index (χ1n) is 20.0. The Morgan fingerprint density at radius 1 is 1.05 bits per heavy atom. The minimum Gasteiger partial charge on any atom is -0.485 e. The van der Waals surface area contributed by atoms with Crippen LogP contribution in [0.3, 0.4) is 0 Å². The molecule has 18 heteroatoms. The molecule has 62 heavy (non-hydrogen) atoms. The van der Waals surface area contributed by atoms with Gasteiger partial charge in [-0.25, -0.2) is 9.97 Å². The van der Waals surface area contributed by atoms with Crippen molar-refractivity contribution in [3.05, 3.63) is 128 Å². The smallest absolute Gasteiger partial charge is 0.416 e. The summed E-state index contributed by atoms with van der Waals surface area (Å²) in [7, 11) is 0. The predicted octanol–water partition coefficient (Wildman–Crippen LogP) is 7.22. The highest BCUT2D eigenvalue weighted by molar-refractivity contribution is 6.33. The van der Waals surface area contributed by atoms with Crippen LogP contribution in [0.25, 0.3) is 17.2 Å². The van der Waals surface area contributed by atoms with Crippen molar-refractivity contribution in [3.8, 4) is 17.1 Å². The Morgan fingerprint density at radius 2 is 1.82 bits per heavy atom. The number of aromatic nitrogens is 6. The van der Waals surface area contributed by atoms with E-state index in [0.717, 1.165) is 39.4 Å². The van der Waals surface area contributed by atoms with Crippen LogP contribution < -0.4 is 20.5 Å². The second kappa shape index (κ2) is 16.5. The predicted molar refractivity (Wildman–Crippen MR) is 225 cm³/mol. The lowest BCUT2D eigenvalue weighted by molar-refractivity contribution is -0.137. The van der Waals surface area contributed by atoms with E-state index in [1.54, 1.807) is 16.4 Å². The van der Waals surface area contributed by atoms with Gasteiger partial charge in [-0.05, 0) is 75.1 Å². The number of amides is 2. The number of nitrogens with zero attached hydrogens (tertiary/aromatic N) is 8. The Morgan fingerprint density at radius 3 is 2.53 bits per heavy atom. The molecule has 0 unspecified atom stereocenters. The maximum Gasteiger partial charge on any atom is 0.416 e. The summed E-state index contributed by atoms with van der Waals surface area (Å²) in [6.45, 7) is 10.3. The number of hydrogen-bond acceptors (Lipinski definition) is 10. The van der Waals surface area contributed by atoms with Crippen LogP contribution in [0.15, 0.2) is 77.9 Å². The third-order valence-corrected chi connectivity index (χ3v) is 11.6. The quantitative estimate of drug-likeness (QED) is 0.150. The third kappa shape index (κ3) is 8.09. The molecule has 3 aromatic heterocycles. The second-order valence-electron chi connectivity index (χ2n) is 15.8. The molecule has 0 saturated carbocycles. The number of piperazine rings is 1. The number of nitrogens with one attached hydrogen (secondary N) is 1. The molecule has 0 aliphatic carbocycles. The Labute approximate surface area is 359 Å². The van der Waals surface area contributed by atoms with E-state index in [1.165, 1.54) is 6.33 Å². The van der Waals surface area contributed by atoms with Crippen molar-refractivity contribution in [2.24, 2.45) is 0 Å². The fraction of sp³-hybridized carbons (Fsp3) is 0.341. The molecule has 1 atom stereocenters. The molecule has 1 fully saturated rings. The Kier molecular flexibility index (Phi) is 11.3. The van der Waals surface area contributed by atoms with Crippen LogP contribution in [0, 0.1) is 6.92 Å². The Balaban J connectivity index is 1.13. The minimum atomic E-state index is -4.63. The maximum atomic E-state index is 14.7. The number of benzene rings is 3. The van der Waals surface area contributed by atoms with E-state index in [1.807, 2.05) is 81.1 Å². The van der Waals surface area contributed by atoms with Crippen molar-refractivity contribution >= 4 is 40.6 Å². The topological polar surface area (TPSA) is 149 Å². The summed E-state index contributed by atoms with van der Waals surface area (Å²) in [5.74, 6) is -0.371. The second-order valence-corrected chi connectivity index (χ2v) is 16.2. The lowest BCUT2D eigenvalue weighted by Crippen LogP contribution is -2.55. The van der Waals surface area contributed by atoms with Crippen LogP contribution in [0.2, 0.25) is 5.02 Å². The normalized spacial score (nSPS) is 16.1. The standard InChI is InChI=1S/C44H43ClF3N9O5/c1-6-34-37(54-16-17-55(25(2)20-54)40(59)36-38(26(3)49-24-50-36)61-22-27-10-8-7-9-11-27)41(60)57-42(52-39(53-57)28-12-14-31-29(18-28)23-62-43(31,4)5)56(34)21-35(58)51-33-15-13-30(19-32(33)45)44(46,47)48/h7-15,18-19,24-25H,6,16-17,20-23H2,1-5H3,(H,51,58)/t25-/m1/s1. The summed E-state index contributed by atoms with van der Waals surface area (Å²) < 4.78 is 55.0. The summed E-state index contributed by atoms with van der Waals surface area (Å²) in [4.78, 5) is 59.7. The monoisotopic (exact) mass is 869 g/mol. The maximum absolute atomic E-state index is 14.7. The molecular formula is C44H43ClF3N9O5. The number of fused-ring (bicyclic) bond motifs is 2. The van der Waals surface area contributed by atoms with Gasteiger partial charge in [0, 0.05) is 31.2 Å². The highest BCUT2D eigenvalue weighted by Crippen LogP contribution is 2.38. The number of halogens is 4. The molecule has 0 bridgehead atoms. The van der Waals surface area contributed by atoms with Crippen molar-refractivity contribution in [2.75, 3.05) is 29.9 Å². The van der Waals surface area contributed by atoms with Gasteiger partial charge in [0.25, 0.3) is 11.5 Å². The summed E-state index contributed by atoms with van der Waals surface area (Å²) in [5.41, 5.74) is 2.98. The molecule has 14 nitrogen and oxygen atoms in total. The first kappa shape index (κ1) is 42.4. The number of carbonyl (C=O) groups is 2. The van der Waals surface area contributed by atoms with Crippen LogP contribution in [0.1, 0.15) is 71.8 Å². The van der Waals surface area contributed by atoms with Gasteiger partial charge in [0.15, 0.2) is 17.3 Å². The van der Waals surface area contributed by atoms with Crippen LogP contribution in [-0.4, -0.2) is 71.5 Å². The van der Waals surface area contributed by atoms with Gasteiger partial charge in [0.1, 0.15) is 25.2 Å². The summed E-state index contributed by atoms with van der Waals surface area (Å²) >= 11 is 6.21. The lowest BCUT2D eigenvalue weighted by atomic mass is 9.94. The highest BCUT2D eigenvalue weighted by atomic mass is 35.5. The van der Waals surface area contributed by atoms with E-state index in [0.29, 0.717) is 23.6 Å². The lowest BCUT2D eigenvalue weighted by Gasteiger charge is -2.41. The van der Waals surface area contributed by atoms with Crippen molar-refractivity contribution in [1.82, 2.24) is 34.0 Å². The molecule has 2 aliphatic rings. The zero-order valence-corrected chi connectivity index (χ0v) is 35.3. The van der Waals surface area contributed by atoms with E-state index in [-0.39, 0.29) is 78.0 Å². The van der Waals surface area contributed by atoms with Gasteiger partial charge in [-0.15, -0.1) is 5.10 Å². The van der Waals surface area contributed by atoms with E-state index in [4.69, 9.17) is 26.1 Å². The minimum absolute atomic E-state index is 0.0208. The first-order valence-corrected chi connectivity index (χ1v) is 20.4. The number of hydrogen-bond donors (Lipinski definition) is 1. The molecule has 322 valence electrons. The zero-order chi connectivity index (χ0) is 44.1. The number of anilines is 2. The Hall–Kier alpha value is -6.33. The fourth-order valence-electron chi connectivity index (χ4n) is 8.07. The largest absolute Gasteiger partial charge is 0.485 e. The molecule has 0 spiro atoms. The first-order chi connectivity index (χ1) is 29.5. The van der Waals surface area contributed by atoms with Gasteiger partial charge in [-0.2, -0.15) is 22.7 Å². The van der Waals surface area contributed by atoms with Gasteiger partial charge in [-0.3, -0.25) is 14.4 Å². The highest BCUT2D eigenvalue weighted by Gasteiger charge is 2.36. The van der Waals surface area contributed by atoms with E-state index >= 15 is 0 Å². The summed E-state index contributed by atoms with van der Waals surface area (Å²) in [6.07, 6.45) is -3.02. The van der Waals surface area contributed by atoms with Gasteiger partial charge < -0.3 is 29.2 Å². The molecule has 2 amide bonds. The van der Waals surface area contributed by atoms with E-state index in [9.17, 15) is 27.6 Å². The summed E-state index contributed by atoms with van der Waals surface area (Å²) in [5, 5.41) is 7.01. The van der Waals surface area contributed by atoms with Gasteiger partial charge >= 0.3 is 6.18 Å². The number of carbonyl (C=O) groups excluding carboxylic acids is 2. The van der Waals surface area contributed by atoms with Crippen molar-refractivity contribution in [3.63, 3.8) is 0 Å². The van der Waals surface area contributed by atoms with Gasteiger partial charge in [-0.1, -0.05) is 61.0 Å². The van der Waals surface area contributed by atoms with Crippen molar-refractivity contribution in [1.29, 1.82) is 0 Å². The Bertz CT molecular complexity index is 2780. The van der Waals surface area contributed by atoms with Gasteiger partial charge in [0.2, 0.25) is 11.7 Å². The SMILES string of the molecule is CCc1c(N2CCN(C(=O)c3ncnc(C)c3OCc3ccccc3)[C@H](C)C2)c(=O)n2nc(-c3ccc4c(c3)COC4(C)C)nc2n1CC(=O)Nc1ccc(C(F)(F)F)cc1Cl. The number of aryl methyl sites for hydroxylation is 1.